The van der Waals surface area contributed by atoms with Crippen molar-refractivity contribution in [2.45, 2.75) is 31.8 Å². The number of rotatable bonds is 8. The first-order chi connectivity index (χ1) is 15.3. The Bertz CT molecular complexity index is 1070. The van der Waals surface area contributed by atoms with Crippen LogP contribution >= 0.6 is 0 Å². The number of amides is 1. The minimum absolute atomic E-state index is 0.0718. The van der Waals surface area contributed by atoms with Crippen molar-refractivity contribution in [1.82, 2.24) is 19.3 Å². The molecule has 0 bridgehead atoms. The Kier molecular flexibility index (Phi) is 6.49. The lowest BCUT2D eigenvalue weighted by Gasteiger charge is -2.35. The Morgan fingerprint density at radius 1 is 1.03 bits per heavy atom. The molecule has 0 radical (unpaired) electrons. The number of furan rings is 2. The monoisotopic (exact) mass is 462 g/mol. The molecule has 0 N–H and O–H groups in total. The molecule has 0 saturated carbocycles. The zero-order valence-electron chi connectivity index (χ0n) is 18.1. The Morgan fingerprint density at radius 3 is 2.09 bits per heavy atom. The number of hydrogen-bond acceptors (Lipinski definition) is 8. The second kappa shape index (κ2) is 9.31. The molecule has 4 heterocycles. The molecule has 1 aliphatic heterocycles. The third-order valence-corrected chi connectivity index (χ3v) is 7.58. The van der Waals surface area contributed by atoms with Gasteiger partial charge in [0, 0.05) is 26.2 Å². The van der Waals surface area contributed by atoms with Gasteiger partial charge in [-0.15, -0.1) is 0 Å². The fourth-order valence-electron chi connectivity index (χ4n) is 3.85. The number of aromatic nitrogens is 1. The number of aryl methyl sites for hydroxylation is 2. The molecule has 3 aromatic heterocycles. The van der Waals surface area contributed by atoms with E-state index in [1.807, 2.05) is 17.0 Å². The minimum Gasteiger partial charge on any atom is -0.468 e. The Balaban J connectivity index is 1.38. The number of piperazine rings is 1. The van der Waals surface area contributed by atoms with Crippen molar-refractivity contribution in [3.8, 4) is 0 Å². The van der Waals surface area contributed by atoms with Crippen molar-refractivity contribution in [3.63, 3.8) is 0 Å². The van der Waals surface area contributed by atoms with E-state index in [4.69, 9.17) is 13.4 Å². The lowest BCUT2D eigenvalue weighted by Crippen LogP contribution is -2.52. The Hall–Kier alpha value is -2.89. The predicted octanol–water partition coefficient (Wildman–Crippen LogP) is 2.01. The van der Waals surface area contributed by atoms with Crippen molar-refractivity contribution in [3.05, 3.63) is 59.8 Å². The van der Waals surface area contributed by atoms with E-state index in [1.165, 1.54) is 4.31 Å². The van der Waals surface area contributed by atoms with E-state index in [9.17, 15) is 13.2 Å². The molecule has 0 atom stereocenters. The maximum Gasteiger partial charge on any atom is 0.248 e. The van der Waals surface area contributed by atoms with E-state index in [2.05, 4.69) is 5.16 Å². The predicted molar refractivity (Wildman–Crippen MR) is 113 cm³/mol. The van der Waals surface area contributed by atoms with Crippen LogP contribution in [0.1, 0.15) is 23.0 Å². The molecule has 0 spiro atoms. The van der Waals surface area contributed by atoms with Crippen LogP contribution < -0.4 is 0 Å². The van der Waals surface area contributed by atoms with Gasteiger partial charge in [-0.3, -0.25) is 9.69 Å². The van der Waals surface area contributed by atoms with Crippen molar-refractivity contribution in [2.24, 2.45) is 0 Å². The van der Waals surface area contributed by atoms with Crippen LogP contribution in [0.5, 0.6) is 0 Å². The first-order valence-corrected chi connectivity index (χ1v) is 11.8. The van der Waals surface area contributed by atoms with E-state index >= 15 is 0 Å². The number of nitrogens with zero attached hydrogens (tertiary/aromatic N) is 4. The third kappa shape index (κ3) is 4.79. The third-order valence-electron chi connectivity index (χ3n) is 5.44. The molecule has 10 nitrogen and oxygen atoms in total. The fourth-order valence-corrected chi connectivity index (χ4v) is 5.57. The van der Waals surface area contributed by atoms with Crippen molar-refractivity contribution in [2.75, 3.05) is 32.7 Å². The van der Waals surface area contributed by atoms with Crippen LogP contribution in [0.4, 0.5) is 0 Å². The highest BCUT2D eigenvalue weighted by atomic mass is 32.2. The van der Waals surface area contributed by atoms with E-state index in [-0.39, 0.29) is 36.2 Å². The molecular formula is C21H26N4O6S. The van der Waals surface area contributed by atoms with Gasteiger partial charge < -0.3 is 18.3 Å². The summed E-state index contributed by atoms with van der Waals surface area (Å²) >= 11 is 0. The highest BCUT2D eigenvalue weighted by Crippen LogP contribution is 2.24. The van der Waals surface area contributed by atoms with Gasteiger partial charge in [0.1, 0.15) is 22.1 Å². The molecule has 1 aliphatic rings. The highest BCUT2D eigenvalue weighted by molar-refractivity contribution is 7.89. The molecule has 32 heavy (non-hydrogen) atoms. The molecule has 3 aromatic rings. The Labute approximate surface area is 186 Å². The van der Waals surface area contributed by atoms with Gasteiger partial charge in [-0.2, -0.15) is 4.31 Å². The van der Waals surface area contributed by atoms with E-state index in [1.54, 1.807) is 43.4 Å². The van der Waals surface area contributed by atoms with Crippen LogP contribution in [0.25, 0.3) is 0 Å². The molecule has 0 aliphatic carbocycles. The fraction of sp³-hybridized carbons (Fsp3) is 0.429. The van der Waals surface area contributed by atoms with E-state index in [0.29, 0.717) is 31.9 Å². The topological polar surface area (TPSA) is 113 Å². The Morgan fingerprint density at radius 2 is 1.62 bits per heavy atom. The zero-order chi connectivity index (χ0) is 22.7. The first kappa shape index (κ1) is 22.3. The summed E-state index contributed by atoms with van der Waals surface area (Å²) in [4.78, 5) is 16.7. The molecule has 172 valence electrons. The quantitative estimate of drug-likeness (QED) is 0.500. The van der Waals surface area contributed by atoms with Gasteiger partial charge in [0.25, 0.3) is 0 Å². The molecule has 0 aromatic carbocycles. The van der Waals surface area contributed by atoms with Crippen LogP contribution in [-0.4, -0.2) is 66.3 Å². The van der Waals surface area contributed by atoms with Gasteiger partial charge in [0.05, 0.1) is 32.2 Å². The normalized spacial score (nSPS) is 15.5. The van der Waals surface area contributed by atoms with E-state index in [0.717, 1.165) is 11.5 Å². The van der Waals surface area contributed by atoms with Gasteiger partial charge in [0.2, 0.25) is 15.9 Å². The average Bonchev–Trinajstić information content (AvgIpc) is 3.52. The van der Waals surface area contributed by atoms with Crippen LogP contribution in [0.2, 0.25) is 0 Å². The van der Waals surface area contributed by atoms with Gasteiger partial charge in [-0.1, -0.05) is 5.16 Å². The summed E-state index contributed by atoms with van der Waals surface area (Å²) in [5.74, 6) is 1.70. The number of hydrogen-bond donors (Lipinski definition) is 0. The summed E-state index contributed by atoms with van der Waals surface area (Å²) in [6, 6.07) is 7.33. The van der Waals surface area contributed by atoms with Crippen molar-refractivity contribution < 1.29 is 26.6 Å². The molecule has 1 fully saturated rings. The molecule has 1 amide bonds. The van der Waals surface area contributed by atoms with Gasteiger partial charge in [0.15, 0.2) is 5.76 Å². The first-order valence-electron chi connectivity index (χ1n) is 10.3. The van der Waals surface area contributed by atoms with Crippen molar-refractivity contribution >= 4 is 15.9 Å². The van der Waals surface area contributed by atoms with Gasteiger partial charge >= 0.3 is 0 Å². The SMILES string of the molecule is Cc1noc(C)c1S(=O)(=O)N1CCN(C(=O)CN(Cc2ccco2)Cc2ccco2)CC1. The average molecular weight is 463 g/mol. The zero-order valence-corrected chi connectivity index (χ0v) is 18.9. The summed E-state index contributed by atoms with van der Waals surface area (Å²) in [6.07, 6.45) is 3.20. The standard InChI is InChI=1S/C21H26N4O6S/c1-16-21(17(2)31-22-16)32(27,28)25-9-7-24(8-10-25)20(26)15-23(13-18-5-3-11-29-18)14-19-6-4-12-30-19/h3-6,11-12H,7-10,13-15H2,1-2H3. The van der Waals surface area contributed by atoms with Crippen LogP contribution in [-0.2, 0) is 27.9 Å². The number of carbonyl (C=O) groups excluding carboxylic acids is 1. The van der Waals surface area contributed by atoms with E-state index < -0.39 is 10.0 Å². The second-order valence-electron chi connectivity index (χ2n) is 7.74. The van der Waals surface area contributed by atoms with Crippen LogP contribution in [0.15, 0.2) is 55.0 Å². The number of sulfonamides is 1. The molecular weight excluding hydrogens is 436 g/mol. The summed E-state index contributed by atoms with van der Waals surface area (Å²) in [5.41, 5.74) is 0.340. The lowest BCUT2D eigenvalue weighted by atomic mass is 10.3. The molecule has 4 rings (SSSR count). The summed E-state index contributed by atoms with van der Waals surface area (Å²) in [7, 11) is -3.72. The molecule has 0 unspecified atom stereocenters. The summed E-state index contributed by atoms with van der Waals surface area (Å²) in [5, 5.41) is 3.75. The molecule has 11 heteroatoms. The molecule has 1 saturated heterocycles. The second-order valence-corrected chi connectivity index (χ2v) is 9.62. The minimum atomic E-state index is -3.72. The smallest absolute Gasteiger partial charge is 0.248 e. The van der Waals surface area contributed by atoms with Crippen molar-refractivity contribution in [1.29, 1.82) is 0 Å². The maximum atomic E-state index is 13.0. The summed E-state index contributed by atoms with van der Waals surface area (Å²) in [6.45, 7) is 5.34. The van der Waals surface area contributed by atoms with Crippen LogP contribution in [0.3, 0.4) is 0 Å². The lowest BCUT2D eigenvalue weighted by molar-refractivity contribution is -0.134. The summed E-state index contributed by atoms with van der Waals surface area (Å²) < 4.78 is 43.3. The van der Waals surface area contributed by atoms with Crippen LogP contribution in [0, 0.1) is 13.8 Å². The maximum absolute atomic E-state index is 13.0. The number of carbonyl (C=O) groups is 1. The largest absolute Gasteiger partial charge is 0.468 e. The van der Waals surface area contributed by atoms with Gasteiger partial charge in [-0.25, -0.2) is 8.42 Å². The van der Waals surface area contributed by atoms with Gasteiger partial charge in [-0.05, 0) is 38.1 Å². The highest BCUT2D eigenvalue weighted by Gasteiger charge is 2.34.